The molecule has 0 spiro atoms. The van der Waals surface area contributed by atoms with Gasteiger partial charge in [-0.05, 0) is 82.2 Å². The highest BCUT2D eigenvalue weighted by atomic mass is 79.9. The van der Waals surface area contributed by atoms with Gasteiger partial charge in [-0.1, -0.05) is 34.1 Å². The molecule has 3 N–H and O–H groups in total. The molecule has 0 unspecified atom stereocenters. The van der Waals surface area contributed by atoms with E-state index in [9.17, 15) is 9.59 Å². The number of rotatable bonds is 9. The first-order valence-electron chi connectivity index (χ1n) is 10.6. The van der Waals surface area contributed by atoms with E-state index in [1.54, 1.807) is 30.3 Å². The third kappa shape index (κ3) is 8.17. The van der Waals surface area contributed by atoms with Crippen LogP contribution in [0.15, 0.2) is 63.5 Å². The van der Waals surface area contributed by atoms with E-state index in [-0.39, 0.29) is 11.7 Å². The fraction of sp³-hybridized carbons (Fsp3) is 0.208. The minimum absolute atomic E-state index is 0.0662. The average Bonchev–Trinajstić information content (AvgIpc) is 2.85. The quantitative estimate of drug-likeness (QED) is 0.183. The Hall–Kier alpha value is -2.73. The maximum absolute atomic E-state index is 12.4. The van der Waals surface area contributed by atoms with Crippen molar-refractivity contribution in [2.75, 3.05) is 26.4 Å². The predicted octanol–water partition coefficient (Wildman–Crippen LogP) is 4.49. The monoisotopic (exact) mass is 623 g/mol. The summed E-state index contributed by atoms with van der Waals surface area (Å²) < 4.78 is 18.1. The summed E-state index contributed by atoms with van der Waals surface area (Å²) in [7, 11) is 0. The maximum Gasteiger partial charge on any atom is 0.276 e. The van der Waals surface area contributed by atoms with Crippen molar-refractivity contribution in [3.63, 3.8) is 0 Å². The van der Waals surface area contributed by atoms with Crippen LogP contribution in [-0.4, -0.2) is 43.4 Å². The largest absolute Gasteiger partial charge is 0.491 e. The molecule has 0 atom stereocenters. The Morgan fingerprint density at radius 2 is 1.80 bits per heavy atom. The fourth-order valence-electron chi connectivity index (χ4n) is 2.96. The molecule has 0 aliphatic rings. The van der Waals surface area contributed by atoms with Crippen molar-refractivity contribution in [1.29, 1.82) is 0 Å². The lowest BCUT2D eigenvalue weighted by atomic mass is 10.1. The Morgan fingerprint density at radius 1 is 0.971 bits per heavy atom. The molecule has 11 heteroatoms. The van der Waals surface area contributed by atoms with Crippen molar-refractivity contribution < 1.29 is 23.8 Å². The van der Waals surface area contributed by atoms with E-state index in [1.807, 2.05) is 31.2 Å². The van der Waals surface area contributed by atoms with Crippen molar-refractivity contribution in [3.8, 4) is 11.5 Å². The number of nitrogens with one attached hydrogen (secondary N) is 3. The smallest absolute Gasteiger partial charge is 0.276 e. The van der Waals surface area contributed by atoms with E-state index in [2.05, 4.69) is 48.0 Å². The van der Waals surface area contributed by atoms with Gasteiger partial charge in [0.1, 0.15) is 18.1 Å². The van der Waals surface area contributed by atoms with Crippen LogP contribution in [0.25, 0.3) is 10.8 Å². The van der Waals surface area contributed by atoms with E-state index in [4.69, 9.17) is 26.4 Å². The Kier molecular flexibility index (Phi) is 10.3. The second-order valence-electron chi connectivity index (χ2n) is 7.06. The first kappa shape index (κ1) is 26.9. The summed E-state index contributed by atoms with van der Waals surface area (Å²) in [6.07, 6.45) is 0. The van der Waals surface area contributed by atoms with Gasteiger partial charge in [-0.15, -0.1) is 0 Å². The standard InChI is InChI=1S/C24H23Br2N3O5S/c1-2-32-10-11-33-18-5-3-4-16(13-18)23(31)27-24(35)29-28-21(30)14-34-20-9-6-15-12-17(25)7-8-19(15)22(20)26/h3-9,12-13H,2,10-11,14H2,1H3,(H,28,30)(H2,27,29,31,35). The molecule has 0 radical (unpaired) electrons. The average molecular weight is 625 g/mol. The van der Waals surface area contributed by atoms with Crippen LogP contribution >= 0.6 is 44.1 Å². The van der Waals surface area contributed by atoms with Crippen molar-refractivity contribution in [1.82, 2.24) is 16.2 Å². The molecule has 3 rings (SSSR count). The van der Waals surface area contributed by atoms with Crippen LogP contribution in [0.3, 0.4) is 0 Å². The number of ether oxygens (including phenoxy) is 3. The van der Waals surface area contributed by atoms with Gasteiger partial charge < -0.3 is 14.2 Å². The summed E-state index contributed by atoms with van der Waals surface area (Å²) in [6.45, 7) is 3.09. The zero-order valence-electron chi connectivity index (χ0n) is 18.7. The minimum Gasteiger partial charge on any atom is -0.491 e. The summed E-state index contributed by atoms with van der Waals surface area (Å²) >= 11 is 12.1. The number of fused-ring (bicyclic) bond motifs is 1. The van der Waals surface area contributed by atoms with Gasteiger partial charge in [0.25, 0.3) is 11.8 Å². The second-order valence-corrected chi connectivity index (χ2v) is 9.18. The first-order valence-corrected chi connectivity index (χ1v) is 12.6. The molecule has 0 heterocycles. The maximum atomic E-state index is 12.4. The van der Waals surface area contributed by atoms with Crippen LogP contribution in [0.2, 0.25) is 0 Å². The zero-order valence-corrected chi connectivity index (χ0v) is 22.7. The van der Waals surface area contributed by atoms with Crippen molar-refractivity contribution in [3.05, 3.63) is 69.1 Å². The number of thiocarbonyl (C=S) groups is 1. The number of carbonyl (C=O) groups excluding carboxylic acids is 2. The normalized spacial score (nSPS) is 10.5. The van der Waals surface area contributed by atoms with Crippen molar-refractivity contribution >= 4 is 71.8 Å². The third-order valence-electron chi connectivity index (χ3n) is 4.58. The molecule has 35 heavy (non-hydrogen) atoms. The van der Waals surface area contributed by atoms with Gasteiger partial charge in [0, 0.05) is 16.6 Å². The molecule has 8 nitrogen and oxygen atoms in total. The van der Waals surface area contributed by atoms with Crippen molar-refractivity contribution in [2.45, 2.75) is 6.92 Å². The molecule has 0 aromatic heterocycles. The number of hydrogen-bond acceptors (Lipinski definition) is 6. The molecule has 0 aliphatic heterocycles. The van der Waals surface area contributed by atoms with E-state index >= 15 is 0 Å². The number of carbonyl (C=O) groups is 2. The Morgan fingerprint density at radius 3 is 2.60 bits per heavy atom. The molecule has 3 aromatic rings. The number of amides is 2. The van der Waals surface area contributed by atoms with Crippen LogP contribution in [0.1, 0.15) is 17.3 Å². The van der Waals surface area contributed by atoms with E-state index < -0.39 is 11.8 Å². The first-order chi connectivity index (χ1) is 16.9. The number of halogens is 2. The Labute approximate surface area is 224 Å². The minimum atomic E-state index is -0.478. The summed E-state index contributed by atoms with van der Waals surface area (Å²) in [5.74, 6) is 0.132. The Bertz CT molecular complexity index is 1220. The lowest BCUT2D eigenvalue weighted by Crippen LogP contribution is -2.49. The van der Waals surface area contributed by atoms with E-state index in [0.29, 0.717) is 36.9 Å². The molecule has 0 fully saturated rings. The molecule has 3 aromatic carbocycles. The topological polar surface area (TPSA) is 97.9 Å². The van der Waals surface area contributed by atoms with Gasteiger partial charge in [-0.2, -0.15) is 0 Å². The van der Waals surface area contributed by atoms with Crippen LogP contribution in [0.4, 0.5) is 0 Å². The molecular formula is C24H23Br2N3O5S. The summed E-state index contributed by atoms with van der Waals surface area (Å²) in [6, 6.07) is 16.2. The zero-order chi connectivity index (χ0) is 25.2. The lowest BCUT2D eigenvalue weighted by molar-refractivity contribution is -0.123. The molecule has 0 saturated carbocycles. The predicted molar refractivity (Wildman–Crippen MR) is 145 cm³/mol. The van der Waals surface area contributed by atoms with Crippen LogP contribution in [0, 0.1) is 0 Å². The van der Waals surface area contributed by atoms with Crippen LogP contribution in [0.5, 0.6) is 11.5 Å². The highest BCUT2D eigenvalue weighted by molar-refractivity contribution is 9.11. The van der Waals surface area contributed by atoms with Gasteiger partial charge in [-0.3, -0.25) is 25.8 Å². The van der Waals surface area contributed by atoms with Gasteiger partial charge >= 0.3 is 0 Å². The molecule has 0 saturated heterocycles. The van der Waals surface area contributed by atoms with E-state index in [1.165, 1.54) is 0 Å². The highest BCUT2D eigenvalue weighted by Gasteiger charge is 2.12. The third-order valence-corrected chi connectivity index (χ3v) is 6.09. The van der Waals surface area contributed by atoms with Crippen LogP contribution in [-0.2, 0) is 9.53 Å². The molecule has 0 bridgehead atoms. The number of hydrogen-bond donors (Lipinski definition) is 3. The summed E-state index contributed by atoms with van der Waals surface area (Å²) in [5, 5.41) is 4.41. The highest BCUT2D eigenvalue weighted by Crippen LogP contribution is 2.34. The Balaban J connectivity index is 1.44. The SMILES string of the molecule is CCOCCOc1cccc(C(=O)NC(=S)NNC(=O)COc2ccc3cc(Br)ccc3c2Br)c1. The molecule has 184 valence electrons. The number of benzene rings is 3. The van der Waals surface area contributed by atoms with Gasteiger partial charge in [-0.25, -0.2) is 0 Å². The molecule has 0 aliphatic carbocycles. The van der Waals surface area contributed by atoms with Gasteiger partial charge in [0.15, 0.2) is 11.7 Å². The molecule has 2 amide bonds. The second kappa shape index (κ2) is 13.4. The van der Waals surface area contributed by atoms with E-state index in [0.717, 1.165) is 19.7 Å². The number of hydrazine groups is 1. The van der Waals surface area contributed by atoms with Gasteiger partial charge in [0.05, 0.1) is 11.1 Å². The summed E-state index contributed by atoms with van der Waals surface area (Å²) in [4.78, 5) is 24.6. The summed E-state index contributed by atoms with van der Waals surface area (Å²) in [5.41, 5.74) is 5.24. The van der Waals surface area contributed by atoms with Crippen LogP contribution < -0.4 is 25.6 Å². The van der Waals surface area contributed by atoms with Crippen molar-refractivity contribution in [2.24, 2.45) is 0 Å². The molecular weight excluding hydrogens is 602 g/mol. The van der Waals surface area contributed by atoms with Gasteiger partial charge in [0.2, 0.25) is 0 Å². The fourth-order valence-corrected chi connectivity index (χ4v) is 4.09. The lowest BCUT2D eigenvalue weighted by Gasteiger charge is -2.13.